The smallest absolute Gasteiger partial charge is 0.0948 e. The molecular weight excluding hydrogens is 172 g/mol. The van der Waals surface area contributed by atoms with Crippen LogP contribution in [0.3, 0.4) is 0 Å². The fourth-order valence-electron chi connectivity index (χ4n) is 0.951. The monoisotopic (exact) mass is 184 g/mol. The molecule has 0 aliphatic heterocycles. The number of imidazole rings is 1. The van der Waals surface area contributed by atoms with E-state index in [1.807, 2.05) is 17.8 Å². The highest BCUT2D eigenvalue weighted by molar-refractivity contribution is 6.19. The van der Waals surface area contributed by atoms with Crippen molar-refractivity contribution >= 4 is 17.7 Å². The van der Waals surface area contributed by atoms with E-state index in [9.17, 15) is 0 Å². The number of allylic oxidation sites excluding steroid dienone is 1. The minimum atomic E-state index is 0.599. The lowest BCUT2D eigenvalue weighted by Crippen LogP contribution is -1.90. The van der Waals surface area contributed by atoms with E-state index in [0.717, 1.165) is 12.1 Å². The third-order valence-electron chi connectivity index (χ3n) is 1.83. The largest absolute Gasteiger partial charge is 0.334 e. The minimum absolute atomic E-state index is 0.599. The van der Waals surface area contributed by atoms with Gasteiger partial charge in [-0.3, -0.25) is 0 Å². The minimum Gasteiger partial charge on any atom is -0.334 e. The van der Waals surface area contributed by atoms with E-state index in [-0.39, 0.29) is 0 Å². The van der Waals surface area contributed by atoms with Crippen molar-refractivity contribution in [2.45, 2.75) is 13.3 Å². The molecule has 0 aromatic carbocycles. The maximum absolute atomic E-state index is 5.74. The standard InChI is InChI=1S/C9H13ClN2/c1-3-8(5-10)4-9-6-11-7-12(9)2/h4,6-7H,3,5H2,1-2H3. The van der Waals surface area contributed by atoms with Crippen molar-refractivity contribution in [3.05, 3.63) is 23.8 Å². The van der Waals surface area contributed by atoms with Crippen LogP contribution in [-0.2, 0) is 7.05 Å². The number of halogens is 1. The molecule has 1 heterocycles. The Kier molecular flexibility index (Phi) is 3.35. The van der Waals surface area contributed by atoms with Crippen LogP contribution >= 0.6 is 11.6 Å². The van der Waals surface area contributed by atoms with Crippen molar-refractivity contribution in [2.24, 2.45) is 7.05 Å². The zero-order valence-electron chi connectivity index (χ0n) is 7.42. The highest BCUT2D eigenvalue weighted by Gasteiger charge is 1.96. The number of aryl methyl sites for hydroxylation is 1. The van der Waals surface area contributed by atoms with Gasteiger partial charge in [-0.05, 0) is 12.5 Å². The van der Waals surface area contributed by atoms with Gasteiger partial charge in [0.25, 0.3) is 0 Å². The Balaban J connectivity index is 2.85. The fourth-order valence-corrected chi connectivity index (χ4v) is 1.22. The molecule has 0 saturated carbocycles. The van der Waals surface area contributed by atoms with Gasteiger partial charge >= 0.3 is 0 Å². The Hall–Kier alpha value is -0.760. The lowest BCUT2D eigenvalue weighted by atomic mass is 10.2. The van der Waals surface area contributed by atoms with Crippen LogP contribution in [0.4, 0.5) is 0 Å². The number of alkyl halides is 1. The first kappa shape index (κ1) is 9.33. The highest BCUT2D eigenvalue weighted by atomic mass is 35.5. The molecule has 66 valence electrons. The van der Waals surface area contributed by atoms with Gasteiger partial charge in [-0.25, -0.2) is 4.98 Å². The molecule has 0 aliphatic carbocycles. The van der Waals surface area contributed by atoms with Crippen LogP contribution in [0.1, 0.15) is 19.0 Å². The second-order valence-corrected chi connectivity index (χ2v) is 2.99. The van der Waals surface area contributed by atoms with Crippen LogP contribution in [0, 0.1) is 0 Å². The molecule has 2 nitrogen and oxygen atoms in total. The van der Waals surface area contributed by atoms with Crippen LogP contribution < -0.4 is 0 Å². The summed E-state index contributed by atoms with van der Waals surface area (Å²) in [6, 6.07) is 0. The molecule has 1 aromatic rings. The average molecular weight is 185 g/mol. The summed E-state index contributed by atoms with van der Waals surface area (Å²) in [4.78, 5) is 4.02. The molecule has 0 N–H and O–H groups in total. The lowest BCUT2D eigenvalue weighted by molar-refractivity contribution is 0.900. The summed E-state index contributed by atoms with van der Waals surface area (Å²) < 4.78 is 1.97. The SMILES string of the molecule is CCC(=Cc1cncn1C)CCl. The van der Waals surface area contributed by atoms with Crippen LogP contribution in [0.5, 0.6) is 0 Å². The second kappa shape index (κ2) is 4.31. The van der Waals surface area contributed by atoms with E-state index in [2.05, 4.69) is 18.0 Å². The summed E-state index contributed by atoms with van der Waals surface area (Å²) >= 11 is 5.74. The molecule has 12 heavy (non-hydrogen) atoms. The molecule has 1 rings (SSSR count). The quantitative estimate of drug-likeness (QED) is 0.660. The van der Waals surface area contributed by atoms with Crippen LogP contribution in [0.15, 0.2) is 18.1 Å². The zero-order chi connectivity index (χ0) is 8.97. The van der Waals surface area contributed by atoms with Crippen molar-refractivity contribution in [1.82, 2.24) is 9.55 Å². The van der Waals surface area contributed by atoms with Gasteiger partial charge in [0, 0.05) is 12.9 Å². The first-order valence-corrected chi connectivity index (χ1v) is 4.53. The predicted molar refractivity (Wildman–Crippen MR) is 52.2 cm³/mol. The van der Waals surface area contributed by atoms with Gasteiger partial charge < -0.3 is 4.57 Å². The lowest BCUT2D eigenvalue weighted by Gasteiger charge is -1.99. The van der Waals surface area contributed by atoms with Gasteiger partial charge in [0.05, 0.1) is 18.2 Å². The van der Waals surface area contributed by atoms with Crippen LogP contribution in [0.25, 0.3) is 6.08 Å². The molecule has 0 atom stereocenters. The molecule has 0 radical (unpaired) electrons. The first-order chi connectivity index (χ1) is 5.77. The summed E-state index contributed by atoms with van der Waals surface area (Å²) in [6.45, 7) is 2.10. The molecular formula is C9H13ClN2. The van der Waals surface area contributed by atoms with E-state index >= 15 is 0 Å². The number of hydrogen-bond acceptors (Lipinski definition) is 1. The van der Waals surface area contributed by atoms with Gasteiger partial charge in [-0.2, -0.15) is 0 Å². The van der Waals surface area contributed by atoms with Crippen LogP contribution in [-0.4, -0.2) is 15.4 Å². The normalized spacial score (nSPS) is 12.1. The van der Waals surface area contributed by atoms with E-state index in [1.54, 1.807) is 6.33 Å². The van der Waals surface area contributed by atoms with Crippen molar-refractivity contribution in [2.75, 3.05) is 5.88 Å². The summed E-state index contributed by atoms with van der Waals surface area (Å²) in [7, 11) is 1.97. The molecule has 0 fully saturated rings. The van der Waals surface area contributed by atoms with Gasteiger partial charge in [-0.15, -0.1) is 11.6 Å². The molecule has 3 heteroatoms. The molecule has 0 unspecified atom stereocenters. The summed E-state index contributed by atoms with van der Waals surface area (Å²) in [5, 5.41) is 0. The van der Waals surface area contributed by atoms with E-state index in [1.165, 1.54) is 5.57 Å². The molecule has 1 aromatic heterocycles. The van der Waals surface area contributed by atoms with Crippen molar-refractivity contribution < 1.29 is 0 Å². The molecule has 0 bridgehead atoms. The number of aromatic nitrogens is 2. The highest BCUT2D eigenvalue weighted by Crippen LogP contribution is 2.09. The van der Waals surface area contributed by atoms with Gasteiger partial charge in [0.1, 0.15) is 0 Å². The Bertz CT molecular complexity index is 270. The molecule has 0 amide bonds. The van der Waals surface area contributed by atoms with Gasteiger partial charge in [0.15, 0.2) is 0 Å². The van der Waals surface area contributed by atoms with Crippen molar-refractivity contribution in [3.63, 3.8) is 0 Å². The summed E-state index contributed by atoms with van der Waals surface area (Å²) in [5.41, 5.74) is 2.34. The number of hydrogen-bond donors (Lipinski definition) is 0. The number of rotatable bonds is 3. The Labute approximate surface area is 77.9 Å². The van der Waals surface area contributed by atoms with Crippen molar-refractivity contribution in [1.29, 1.82) is 0 Å². The second-order valence-electron chi connectivity index (χ2n) is 2.72. The summed E-state index contributed by atoms with van der Waals surface area (Å²) in [5.74, 6) is 0.599. The average Bonchev–Trinajstić information content (AvgIpc) is 2.47. The van der Waals surface area contributed by atoms with E-state index in [0.29, 0.717) is 5.88 Å². The molecule has 0 saturated heterocycles. The maximum Gasteiger partial charge on any atom is 0.0948 e. The topological polar surface area (TPSA) is 17.8 Å². The molecule has 0 spiro atoms. The number of nitrogens with zero attached hydrogens (tertiary/aromatic N) is 2. The van der Waals surface area contributed by atoms with E-state index < -0.39 is 0 Å². The third kappa shape index (κ3) is 2.11. The third-order valence-corrected chi connectivity index (χ3v) is 2.18. The van der Waals surface area contributed by atoms with Crippen LogP contribution in [0.2, 0.25) is 0 Å². The predicted octanol–water partition coefficient (Wildman–Crippen LogP) is 2.45. The van der Waals surface area contributed by atoms with Gasteiger partial charge in [0.2, 0.25) is 0 Å². The first-order valence-electron chi connectivity index (χ1n) is 3.99. The Morgan fingerprint density at radius 2 is 2.50 bits per heavy atom. The van der Waals surface area contributed by atoms with Gasteiger partial charge in [-0.1, -0.05) is 12.5 Å². The van der Waals surface area contributed by atoms with Crippen molar-refractivity contribution in [3.8, 4) is 0 Å². The Morgan fingerprint density at radius 1 is 1.75 bits per heavy atom. The maximum atomic E-state index is 5.74. The fraction of sp³-hybridized carbons (Fsp3) is 0.444. The summed E-state index contributed by atoms with van der Waals surface area (Å²) in [6.07, 6.45) is 6.70. The van der Waals surface area contributed by atoms with E-state index in [4.69, 9.17) is 11.6 Å². The Morgan fingerprint density at radius 3 is 2.92 bits per heavy atom. The molecule has 0 aliphatic rings. The zero-order valence-corrected chi connectivity index (χ0v) is 8.17.